The van der Waals surface area contributed by atoms with E-state index >= 15 is 0 Å². The summed E-state index contributed by atoms with van der Waals surface area (Å²) in [5.74, 6) is 0. The predicted molar refractivity (Wildman–Crippen MR) is 75.1 cm³/mol. The van der Waals surface area contributed by atoms with Crippen molar-refractivity contribution in [2.45, 2.75) is 12.5 Å². The van der Waals surface area contributed by atoms with Crippen LogP contribution in [0, 0.1) is 0 Å². The molecule has 0 aliphatic carbocycles. The van der Waals surface area contributed by atoms with Crippen LogP contribution >= 0.6 is 0 Å². The van der Waals surface area contributed by atoms with Crippen LogP contribution in [0.25, 0.3) is 0 Å². The standard InChI is InChI=1S/C15H20N2O2/c1-2-8-16-15(18)17-9-10-19-14(12-17)11-13-6-4-3-5-7-13/h2-7,14H,1,8-12H2,(H,16,18)/t14-/m1/s1. The summed E-state index contributed by atoms with van der Waals surface area (Å²) in [5, 5.41) is 2.80. The van der Waals surface area contributed by atoms with Gasteiger partial charge in [-0.1, -0.05) is 36.4 Å². The molecule has 2 amide bonds. The van der Waals surface area contributed by atoms with Crippen LogP contribution in [0.2, 0.25) is 0 Å². The number of morpholine rings is 1. The number of nitrogens with one attached hydrogen (secondary N) is 1. The minimum atomic E-state index is -0.0405. The number of carbonyl (C=O) groups is 1. The number of hydrogen-bond acceptors (Lipinski definition) is 2. The first-order valence-electron chi connectivity index (χ1n) is 6.59. The van der Waals surface area contributed by atoms with E-state index in [1.54, 1.807) is 11.0 Å². The molecule has 0 radical (unpaired) electrons. The van der Waals surface area contributed by atoms with Crippen molar-refractivity contribution in [2.24, 2.45) is 0 Å². The molecule has 2 rings (SSSR count). The average molecular weight is 260 g/mol. The van der Waals surface area contributed by atoms with Crippen LogP contribution in [0.3, 0.4) is 0 Å². The molecular formula is C15H20N2O2. The van der Waals surface area contributed by atoms with Gasteiger partial charge in [0.25, 0.3) is 0 Å². The molecule has 1 N–H and O–H groups in total. The van der Waals surface area contributed by atoms with Gasteiger partial charge in [-0.05, 0) is 5.56 Å². The molecule has 1 fully saturated rings. The molecule has 19 heavy (non-hydrogen) atoms. The van der Waals surface area contributed by atoms with E-state index in [9.17, 15) is 4.79 Å². The van der Waals surface area contributed by atoms with Gasteiger partial charge in [0.05, 0.1) is 12.7 Å². The van der Waals surface area contributed by atoms with Crippen LogP contribution in [0.4, 0.5) is 4.79 Å². The average Bonchev–Trinajstić information content (AvgIpc) is 2.46. The highest BCUT2D eigenvalue weighted by Crippen LogP contribution is 2.11. The maximum atomic E-state index is 11.9. The Labute approximate surface area is 114 Å². The van der Waals surface area contributed by atoms with Crippen LogP contribution in [0.5, 0.6) is 0 Å². The van der Waals surface area contributed by atoms with E-state index in [2.05, 4.69) is 24.0 Å². The number of amides is 2. The van der Waals surface area contributed by atoms with Gasteiger partial charge in [-0.2, -0.15) is 0 Å². The highest BCUT2D eigenvalue weighted by molar-refractivity contribution is 5.74. The van der Waals surface area contributed by atoms with Gasteiger partial charge in [0.1, 0.15) is 0 Å². The van der Waals surface area contributed by atoms with E-state index in [0.29, 0.717) is 26.2 Å². The zero-order valence-corrected chi connectivity index (χ0v) is 11.0. The second kappa shape index (κ2) is 6.95. The fourth-order valence-corrected chi connectivity index (χ4v) is 2.18. The Bertz CT molecular complexity index is 419. The molecule has 1 aromatic rings. The topological polar surface area (TPSA) is 41.6 Å². The highest BCUT2D eigenvalue weighted by Gasteiger charge is 2.23. The third-order valence-electron chi connectivity index (χ3n) is 3.13. The van der Waals surface area contributed by atoms with E-state index in [1.165, 1.54) is 5.56 Å². The Balaban J connectivity index is 1.86. The monoisotopic (exact) mass is 260 g/mol. The number of carbonyl (C=O) groups excluding carboxylic acids is 1. The maximum absolute atomic E-state index is 11.9. The summed E-state index contributed by atoms with van der Waals surface area (Å²) in [6.07, 6.45) is 2.59. The van der Waals surface area contributed by atoms with Gasteiger partial charge in [0.2, 0.25) is 0 Å². The van der Waals surface area contributed by atoms with Crippen LogP contribution < -0.4 is 5.32 Å². The number of hydrogen-bond donors (Lipinski definition) is 1. The van der Waals surface area contributed by atoms with Crippen LogP contribution in [-0.2, 0) is 11.2 Å². The summed E-state index contributed by atoms with van der Waals surface area (Å²) in [4.78, 5) is 13.7. The van der Waals surface area contributed by atoms with Gasteiger partial charge in [0, 0.05) is 26.1 Å². The van der Waals surface area contributed by atoms with Crippen molar-refractivity contribution in [3.05, 3.63) is 48.6 Å². The van der Waals surface area contributed by atoms with Gasteiger partial charge in [-0.15, -0.1) is 6.58 Å². The zero-order valence-electron chi connectivity index (χ0n) is 11.0. The number of urea groups is 1. The molecule has 4 heteroatoms. The summed E-state index contributed by atoms with van der Waals surface area (Å²) in [5.41, 5.74) is 1.24. The van der Waals surface area contributed by atoms with Crippen molar-refractivity contribution in [1.29, 1.82) is 0 Å². The molecular weight excluding hydrogens is 240 g/mol. The SMILES string of the molecule is C=CCNC(=O)N1CCO[C@H](Cc2ccccc2)C1. The Morgan fingerprint density at radius 2 is 2.26 bits per heavy atom. The Morgan fingerprint density at radius 1 is 1.47 bits per heavy atom. The molecule has 1 aliphatic rings. The molecule has 1 heterocycles. The van der Waals surface area contributed by atoms with Gasteiger partial charge >= 0.3 is 6.03 Å². The molecule has 0 aromatic heterocycles. The predicted octanol–water partition coefficient (Wildman–Crippen LogP) is 1.83. The Hall–Kier alpha value is -1.81. The van der Waals surface area contributed by atoms with Gasteiger partial charge < -0.3 is 15.0 Å². The maximum Gasteiger partial charge on any atom is 0.317 e. The molecule has 1 aliphatic heterocycles. The number of nitrogens with zero attached hydrogens (tertiary/aromatic N) is 1. The van der Waals surface area contributed by atoms with Gasteiger partial charge in [-0.25, -0.2) is 4.79 Å². The van der Waals surface area contributed by atoms with E-state index in [0.717, 1.165) is 6.42 Å². The summed E-state index contributed by atoms with van der Waals surface area (Å²) in [6.45, 7) is 5.97. The minimum absolute atomic E-state index is 0.0405. The molecule has 102 valence electrons. The molecule has 0 saturated carbocycles. The molecule has 4 nitrogen and oxygen atoms in total. The quantitative estimate of drug-likeness (QED) is 0.839. The largest absolute Gasteiger partial charge is 0.374 e. The van der Waals surface area contributed by atoms with E-state index < -0.39 is 0 Å². The van der Waals surface area contributed by atoms with Gasteiger partial charge in [-0.3, -0.25) is 0 Å². The lowest BCUT2D eigenvalue weighted by atomic mass is 10.1. The van der Waals surface area contributed by atoms with Crippen LogP contribution in [0.15, 0.2) is 43.0 Å². The minimum Gasteiger partial charge on any atom is -0.374 e. The smallest absolute Gasteiger partial charge is 0.317 e. The molecule has 1 atom stereocenters. The van der Waals surface area contributed by atoms with E-state index in [4.69, 9.17) is 4.74 Å². The van der Waals surface area contributed by atoms with E-state index in [1.807, 2.05) is 18.2 Å². The lowest BCUT2D eigenvalue weighted by molar-refractivity contribution is -0.0131. The Kier molecular flexibility index (Phi) is 4.98. The fraction of sp³-hybridized carbons (Fsp3) is 0.400. The normalized spacial score (nSPS) is 18.9. The van der Waals surface area contributed by atoms with E-state index in [-0.39, 0.29) is 12.1 Å². The molecule has 0 unspecified atom stereocenters. The molecule has 1 saturated heterocycles. The first kappa shape index (κ1) is 13.6. The second-order valence-corrected chi connectivity index (χ2v) is 4.60. The van der Waals surface area contributed by atoms with Crippen molar-refractivity contribution < 1.29 is 9.53 Å². The third-order valence-corrected chi connectivity index (χ3v) is 3.13. The van der Waals surface area contributed by atoms with Crippen molar-refractivity contribution >= 4 is 6.03 Å². The highest BCUT2D eigenvalue weighted by atomic mass is 16.5. The van der Waals surface area contributed by atoms with Crippen molar-refractivity contribution in [2.75, 3.05) is 26.2 Å². The first-order chi connectivity index (χ1) is 9.29. The first-order valence-corrected chi connectivity index (χ1v) is 6.59. The van der Waals surface area contributed by atoms with Crippen molar-refractivity contribution in [1.82, 2.24) is 10.2 Å². The van der Waals surface area contributed by atoms with Crippen molar-refractivity contribution in [3.8, 4) is 0 Å². The third kappa shape index (κ3) is 4.10. The summed E-state index contributed by atoms with van der Waals surface area (Å²) in [7, 11) is 0. The van der Waals surface area contributed by atoms with Gasteiger partial charge in [0.15, 0.2) is 0 Å². The van der Waals surface area contributed by atoms with Crippen LogP contribution in [0.1, 0.15) is 5.56 Å². The summed E-state index contributed by atoms with van der Waals surface area (Å²) in [6, 6.07) is 10.2. The van der Waals surface area contributed by atoms with Crippen LogP contribution in [-0.4, -0.2) is 43.3 Å². The zero-order chi connectivity index (χ0) is 13.5. The lowest BCUT2D eigenvalue weighted by Gasteiger charge is -2.33. The second-order valence-electron chi connectivity index (χ2n) is 4.60. The molecule has 1 aromatic carbocycles. The Morgan fingerprint density at radius 3 is 3.00 bits per heavy atom. The lowest BCUT2D eigenvalue weighted by Crippen LogP contribution is -2.50. The molecule has 0 spiro atoms. The molecule has 0 bridgehead atoms. The number of rotatable bonds is 4. The van der Waals surface area contributed by atoms with Crippen molar-refractivity contribution in [3.63, 3.8) is 0 Å². The fourth-order valence-electron chi connectivity index (χ4n) is 2.18. The summed E-state index contributed by atoms with van der Waals surface area (Å²) < 4.78 is 5.72. The number of ether oxygens (including phenoxy) is 1. The summed E-state index contributed by atoms with van der Waals surface area (Å²) >= 11 is 0. The number of benzene rings is 1.